The smallest absolute Gasteiger partial charge is 0.161 e. The minimum absolute atomic E-state index is 0.110. The highest BCUT2D eigenvalue weighted by atomic mass is 16.3. The van der Waals surface area contributed by atoms with Crippen LogP contribution in [0.5, 0.6) is 23.0 Å². The molecule has 0 bridgehead atoms. The molecule has 0 spiro atoms. The first-order chi connectivity index (χ1) is 13.1. The van der Waals surface area contributed by atoms with Crippen molar-refractivity contribution in [1.82, 2.24) is 0 Å². The number of hydrogen-bond donors (Lipinski definition) is 4. The molecule has 146 valence electrons. The third-order valence-corrected chi connectivity index (χ3v) is 5.70. The van der Waals surface area contributed by atoms with Gasteiger partial charge in [0.1, 0.15) is 0 Å². The summed E-state index contributed by atoms with van der Waals surface area (Å²) < 4.78 is 0. The van der Waals surface area contributed by atoms with Crippen LogP contribution < -0.4 is 0 Å². The SMILES string of the molecule is CC(C)(c1ccc(C(C)(C)c2cccc(O)c2O)cc1)c1cccc(O)c1O. The van der Waals surface area contributed by atoms with Crippen molar-refractivity contribution < 1.29 is 20.4 Å². The lowest BCUT2D eigenvalue weighted by Crippen LogP contribution is -2.21. The van der Waals surface area contributed by atoms with E-state index >= 15 is 0 Å². The lowest BCUT2D eigenvalue weighted by atomic mass is 9.74. The fourth-order valence-electron chi connectivity index (χ4n) is 3.69. The Labute approximate surface area is 165 Å². The Hall–Kier alpha value is -3.14. The molecular formula is C24H26O4. The van der Waals surface area contributed by atoms with E-state index in [0.717, 1.165) is 11.1 Å². The summed E-state index contributed by atoms with van der Waals surface area (Å²) in [4.78, 5) is 0. The van der Waals surface area contributed by atoms with E-state index < -0.39 is 10.8 Å². The lowest BCUT2D eigenvalue weighted by molar-refractivity contribution is 0.391. The van der Waals surface area contributed by atoms with E-state index in [1.165, 1.54) is 12.1 Å². The third-order valence-electron chi connectivity index (χ3n) is 5.70. The molecule has 4 N–H and O–H groups in total. The molecule has 0 aliphatic carbocycles. The molecule has 0 fully saturated rings. The maximum Gasteiger partial charge on any atom is 0.161 e. The molecule has 0 amide bonds. The molecule has 3 rings (SSSR count). The van der Waals surface area contributed by atoms with Crippen LogP contribution in [0.3, 0.4) is 0 Å². The van der Waals surface area contributed by atoms with Crippen molar-refractivity contribution in [1.29, 1.82) is 0 Å². The molecule has 4 heteroatoms. The van der Waals surface area contributed by atoms with Gasteiger partial charge in [0.15, 0.2) is 23.0 Å². The number of benzene rings is 3. The van der Waals surface area contributed by atoms with Gasteiger partial charge in [0, 0.05) is 22.0 Å². The molecule has 0 aromatic heterocycles. The van der Waals surface area contributed by atoms with Crippen molar-refractivity contribution in [2.24, 2.45) is 0 Å². The second-order valence-corrected chi connectivity index (χ2v) is 8.17. The van der Waals surface area contributed by atoms with Gasteiger partial charge in [0.05, 0.1) is 0 Å². The summed E-state index contributed by atoms with van der Waals surface area (Å²) in [5, 5.41) is 40.2. The van der Waals surface area contributed by atoms with Crippen LogP contribution in [-0.2, 0) is 10.8 Å². The second kappa shape index (κ2) is 6.79. The van der Waals surface area contributed by atoms with Gasteiger partial charge < -0.3 is 20.4 Å². The number of phenols is 4. The number of hydrogen-bond acceptors (Lipinski definition) is 4. The second-order valence-electron chi connectivity index (χ2n) is 8.17. The molecular weight excluding hydrogens is 352 g/mol. The maximum atomic E-state index is 10.3. The van der Waals surface area contributed by atoms with Crippen molar-refractivity contribution in [2.45, 2.75) is 38.5 Å². The summed E-state index contributed by atoms with van der Waals surface area (Å²) in [6, 6.07) is 17.9. The van der Waals surface area contributed by atoms with Crippen LogP contribution in [0.1, 0.15) is 49.9 Å². The summed E-state index contributed by atoms with van der Waals surface area (Å²) >= 11 is 0. The molecule has 4 nitrogen and oxygen atoms in total. The molecule has 0 aliphatic rings. The van der Waals surface area contributed by atoms with Gasteiger partial charge in [-0.05, 0) is 23.3 Å². The highest BCUT2D eigenvalue weighted by Crippen LogP contribution is 2.43. The Balaban J connectivity index is 2.01. The number of para-hydroxylation sites is 2. The van der Waals surface area contributed by atoms with Crippen LogP contribution in [-0.4, -0.2) is 20.4 Å². The van der Waals surface area contributed by atoms with E-state index in [-0.39, 0.29) is 23.0 Å². The van der Waals surface area contributed by atoms with Crippen LogP contribution in [0.15, 0.2) is 60.7 Å². The summed E-state index contributed by atoms with van der Waals surface area (Å²) in [7, 11) is 0. The zero-order valence-corrected chi connectivity index (χ0v) is 16.6. The largest absolute Gasteiger partial charge is 0.504 e. The molecule has 0 saturated carbocycles. The van der Waals surface area contributed by atoms with Crippen LogP contribution in [0, 0.1) is 0 Å². The van der Waals surface area contributed by atoms with Crippen molar-refractivity contribution in [3.05, 3.63) is 82.9 Å². The van der Waals surface area contributed by atoms with Crippen LogP contribution in [0.2, 0.25) is 0 Å². The zero-order chi connectivity index (χ0) is 20.7. The lowest BCUT2D eigenvalue weighted by Gasteiger charge is -2.30. The molecule has 0 unspecified atom stereocenters. The first-order valence-corrected chi connectivity index (χ1v) is 9.20. The number of rotatable bonds is 4. The third kappa shape index (κ3) is 3.15. The van der Waals surface area contributed by atoms with Crippen molar-refractivity contribution in [3.63, 3.8) is 0 Å². The van der Waals surface area contributed by atoms with E-state index in [0.29, 0.717) is 11.1 Å². The fourth-order valence-corrected chi connectivity index (χ4v) is 3.69. The van der Waals surface area contributed by atoms with Gasteiger partial charge in [0.2, 0.25) is 0 Å². The van der Waals surface area contributed by atoms with E-state index in [2.05, 4.69) is 0 Å². The van der Waals surface area contributed by atoms with E-state index in [1.54, 1.807) is 24.3 Å². The summed E-state index contributed by atoms with van der Waals surface area (Å²) in [6.45, 7) is 7.96. The van der Waals surface area contributed by atoms with Gasteiger partial charge in [-0.3, -0.25) is 0 Å². The van der Waals surface area contributed by atoms with Gasteiger partial charge in [-0.2, -0.15) is 0 Å². The minimum Gasteiger partial charge on any atom is -0.504 e. The maximum absolute atomic E-state index is 10.3. The first-order valence-electron chi connectivity index (χ1n) is 9.20. The topological polar surface area (TPSA) is 80.9 Å². The monoisotopic (exact) mass is 378 g/mol. The quantitative estimate of drug-likeness (QED) is 0.473. The van der Waals surface area contributed by atoms with Crippen molar-refractivity contribution in [3.8, 4) is 23.0 Å². The molecule has 3 aromatic carbocycles. The highest BCUT2D eigenvalue weighted by molar-refractivity contribution is 5.54. The normalized spacial score (nSPS) is 12.1. The predicted molar refractivity (Wildman–Crippen MR) is 110 cm³/mol. The van der Waals surface area contributed by atoms with Gasteiger partial charge in [-0.15, -0.1) is 0 Å². The van der Waals surface area contributed by atoms with Gasteiger partial charge in [0.25, 0.3) is 0 Å². The number of aromatic hydroxyl groups is 4. The molecule has 0 radical (unpaired) electrons. The average molecular weight is 378 g/mol. The molecule has 0 aliphatic heterocycles. The van der Waals surface area contributed by atoms with Crippen molar-refractivity contribution >= 4 is 0 Å². The van der Waals surface area contributed by atoms with Crippen LogP contribution >= 0.6 is 0 Å². The van der Waals surface area contributed by atoms with E-state index in [9.17, 15) is 20.4 Å². The van der Waals surface area contributed by atoms with Crippen molar-refractivity contribution in [2.75, 3.05) is 0 Å². The Morgan fingerprint density at radius 1 is 0.500 bits per heavy atom. The van der Waals surface area contributed by atoms with Crippen LogP contribution in [0.25, 0.3) is 0 Å². The standard InChI is InChI=1S/C24H26O4/c1-23(2,17-7-5-9-19(25)21(17)27)15-11-13-16(14-12-15)24(3,4)18-8-6-10-20(26)22(18)28/h5-14,25-28H,1-4H3. The Morgan fingerprint density at radius 3 is 1.14 bits per heavy atom. The first kappa shape index (κ1) is 19.6. The van der Waals surface area contributed by atoms with E-state index in [1.807, 2.05) is 52.0 Å². The highest BCUT2D eigenvalue weighted by Gasteiger charge is 2.30. The average Bonchev–Trinajstić information content (AvgIpc) is 2.66. The fraction of sp³-hybridized carbons (Fsp3) is 0.250. The molecule has 28 heavy (non-hydrogen) atoms. The van der Waals surface area contributed by atoms with Gasteiger partial charge in [-0.1, -0.05) is 76.2 Å². The van der Waals surface area contributed by atoms with Crippen LogP contribution in [0.4, 0.5) is 0 Å². The number of phenolic OH excluding ortho intramolecular Hbond substituents is 4. The summed E-state index contributed by atoms with van der Waals surface area (Å²) in [5.74, 6) is -0.492. The van der Waals surface area contributed by atoms with Gasteiger partial charge >= 0.3 is 0 Å². The Morgan fingerprint density at radius 2 is 0.821 bits per heavy atom. The zero-order valence-electron chi connectivity index (χ0n) is 16.6. The summed E-state index contributed by atoms with van der Waals surface area (Å²) in [5.41, 5.74) is 2.22. The molecule has 0 saturated heterocycles. The molecule has 0 heterocycles. The van der Waals surface area contributed by atoms with E-state index in [4.69, 9.17) is 0 Å². The molecule has 3 aromatic rings. The Bertz CT molecular complexity index is 919. The minimum atomic E-state index is -0.515. The predicted octanol–water partition coefficient (Wildman–Crippen LogP) is 5.16. The van der Waals surface area contributed by atoms with Gasteiger partial charge in [-0.25, -0.2) is 0 Å². The summed E-state index contributed by atoms with van der Waals surface area (Å²) in [6.07, 6.45) is 0. The molecule has 0 atom stereocenters. The Kier molecular flexibility index (Phi) is 4.76.